The van der Waals surface area contributed by atoms with Crippen molar-refractivity contribution in [1.29, 1.82) is 0 Å². The topological polar surface area (TPSA) is 43.8 Å². The van der Waals surface area contributed by atoms with E-state index in [1.807, 2.05) is 4.90 Å². The molecule has 2 saturated heterocycles. The summed E-state index contributed by atoms with van der Waals surface area (Å²) in [7, 11) is 0. The summed E-state index contributed by atoms with van der Waals surface area (Å²) >= 11 is 5.91. The van der Waals surface area contributed by atoms with Crippen LogP contribution in [0.15, 0.2) is 18.2 Å². The molecule has 2 aliphatic heterocycles. The van der Waals surface area contributed by atoms with Crippen LogP contribution >= 0.6 is 11.6 Å². The van der Waals surface area contributed by atoms with Gasteiger partial charge in [0.1, 0.15) is 5.75 Å². The molecular weight excluding hydrogens is 288 g/mol. The van der Waals surface area contributed by atoms with Crippen molar-refractivity contribution in [2.24, 2.45) is 0 Å². The molecule has 2 unspecified atom stereocenters. The molecule has 1 amide bonds. The minimum atomic E-state index is 0.00891. The fourth-order valence-electron chi connectivity index (χ4n) is 3.44. The van der Waals surface area contributed by atoms with Gasteiger partial charge in [-0.15, -0.1) is 0 Å². The Balaban J connectivity index is 1.78. The number of carbonyl (C=O) groups excluding carboxylic acids is 1. The van der Waals surface area contributed by atoms with Crippen molar-refractivity contribution in [1.82, 2.24) is 9.80 Å². The number of piperazine rings is 1. The number of halogens is 1. The minimum Gasteiger partial charge on any atom is -0.506 e. The number of carbonyl (C=O) groups is 1. The molecule has 2 atom stereocenters. The van der Waals surface area contributed by atoms with E-state index in [0.717, 1.165) is 19.6 Å². The zero-order valence-electron chi connectivity index (χ0n) is 12.3. The summed E-state index contributed by atoms with van der Waals surface area (Å²) in [5.41, 5.74) is 0.550. The van der Waals surface area contributed by atoms with Gasteiger partial charge in [-0.25, -0.2) is 0 Å². The molecule has 3 rings (SSSR count). The molecule has 0 spiro atoms. The van der Waals surface area contributed by atoms with Gasteiger partial charge in [0.05, 0.1) is 5.02 Å². The summed E-state index contributed by atoms with van der Waals surface area (Å²) in [5, 5.41) is 9.71. The molecule has 0 bridgehead atoms. The highest BCUT2D eigenvalue weighted by Crippen LogP contribution is 2.28. The van der Waals surface area contributed by atoms with E-state index in [0.29, 0.717) is 11.6 Å². The monoisotopic (exact) mass is 308 g/mol. The van der Waals surface area contributed by atoms with Gasteiger partial charge in [0.15, 0.2) is 0 Å². The van der Waals surface area contributed by atoms with Crippen LogP contribution < -0.4 is 0 Å². The number of aromatic hydroxyl groups is 1. The molecule has 21 heavy (non-hydrogen) atoms. The van der Waals surface area contributed by atoms with Crippen molar-refractivity contribution < 1.29 is 9.90 Å². The maximum absolute atomic E-state index is 12.7. The average Bonchev–Trinajstić information content (AvgIpc) is 2.48. The Labute approximate surface area is 130 Å². The molecule has 2 fully saturated rings. The van der Waals surface area contributed by atoms with Crippen LogP contribution in [-0.4, -0.2) is 52.5 Å². The summed E-state index contributed by atoms with van der Waals surface area (Å²) < 4.78 is 0. The van der Waals surface area contributed by atoms with E-state index in [1.165, 1.54) is 25.3 Å². The van der Waals surface area contributed by atoms with Gasteiger partial charge in [-0.3, -0.25) is 9.69 Å². The first kappa shape index (κ1) is 14.7. The number of phenolic OH excluding ortho intramolecular Hbond substituents is 1. The molecule has 5 heteroatoms. The summed E-state index contributed by atoms with van der Waals surface area (Å²) in [6.45, 7) is 4.99. The molecule has 114 valence electrons. The molecule has 1 N–H and O–H groups in total. The molecule has 0 aromatic heterocycles. The first-order chi connectivity index (χ1) is 10.1. The van der Waals surface area contributed by atoms with Crippen LogP contribution in [0.2, 0.25) is 5.02 Å². The third-order valence-electron chi connectivity index (χ3n) is 4.64. The van der Waals surface area contributed by atoms with E-state index in [2.05, 4.69) is 11.8 Å². The van der Waals surface area contributed by atoms with Gasteiger partial charge in [-0.1, -0.05) is 18.0 Å². The average molecular weight is 309 g/mol. The fraction of sp³-hybridized carbons (Fsp3) is 0.562. The number of phenols is 1. The van der Waals surface area contributed by atoms with Gasteiger partial charge >= 0.3 is 0 Å². The van der Waals surface area contributed by atoms with E-state index < -0.39 is 0 Å². The number of hydrogen-bond donors (Lipinski definition) is 1. The van der Waals surface area contributed by atoms with Crippen molar-refractivity contribution in [3.05, 3.63) is 28.8 Å². The number of hydrogen-bond acceptors (Lipinski definition) is 3. The molecule has 0 saturated carbocycles. The van der Waals surface area contributed by atoms with Gasteiger partial charge < -0.3 is 10.0 Å². The second-order valence-electron chi connectivity index (χ2n) is 6.12. The Bertz CT molecular complexity index is 549. The normalized spacial score (nSPS) is 26.5. The van der Waals surface area contributed by atoms with Gasteiger partial charge in [0.2, 0.25) is 0 Å². The molecule has 0 aliphatic carbocycles. The van der Waals surface area contributed by atoms with Crippen LogP contribution in [0.5, 0.6) is 5.75 Å². The predicted molar refractivity (Wildman–Crippen MR) is 82.8 cm³/mol. The third-order valence-corrected chi connectivity index (χ3v) is 4.95. The molecular formula is C16H21ClN2O2. The summed E-state index contributed by atoms with van der Waals surface area (Å²) in [5.74, 6) is 0.0213. The highest BCUT2D eigenvalue weighted by atomic mass is 35.5. The van der Waals surface area contributed by atoms with E-state index in [-0.39, 0.29) is 22.7 Å². The second-order valence-corrected chi connectivity index (χ2v) is 6.52. The number of nitrogens with zero attached hydrogens (tertiary/aromatic N) is 2. The van der Waals surface area contributed by atoms with Crippen LogP contribution in [0.1, 0.15) is 36.5 Å². The number of rotatable bonds is 1. The van der Waals surface area contributed by atoms with Crippen LogP contribution in [0.25, 0.3) is 0 Å². The van der Waals surface area contributed by atoms with Crippen molar-refractivity contribution in [2.75, 3.05) is 19.6 Å². The Morgan fingerprint density at radius 1 is 1.33 bits per heavy atom. The first-order valence-corrected chi connectivity index (χ1v) is 7.97. The number of benzene rings is 1. The molecule has 1 aromatic carbocycles. The lowest BCUT2D eigenvalue weighted by molar-refractivity contribution is 0.0151. The van der Waals surface area contributed by atoms with Crippen molar-refractivity contribution in [2.45, 2.75) is 38.3 Å². The standard InChI is InChI=1S/C16H21ClN2O2/c1-11-9-18-7-3-2-4-13(18)10-19(11)16(21)12-5-6-15(20)14(17)8-12/h5-6,8,11,13,20H,2-4,7,9-10H2,1H3. The third kappa shape index (κ3) is 2.87. The van der Waals surface area contributed by atoms with Gasteiger partial charge in [0, 0.05) is 30.7 Å². The highest BCUT2D eigenvalue weighted by molar-refractivity contribution is 6.32. The highest BCUT2D eigenvalue weighted by Gasteiger charge is 2.35. The van der Waals surface area contributed by atoms with E-state index in [1.54, 1.807) is 12.1 Å². The summed E-state index contributed by atoms with van der Waals surface area (Å²) in [4.78, 5) is 17.2. The molecule has 1 aromatic rings. The second kappa shape index (κ2) is 5.85. The minimum absolute atomic E-state index is 0.00891. The van der Waals surface area contributed by atoms with Crippen LogP contribution in [0, 0.1) is 0 Å². The molecule has 2 heterocycles. The summed E-state index contributed by atoms with van der Waals surface area (Å²) in [6, 6.07) is 5.38. The van der Waals surface area contributed by atoms with E-state index >= 15 is 0 Å². The van der Waals surface area contributed by atoms with Crippen LogP contribution in [0.3, 0.4) is 0 Å². The SMILES string of the molecule is CC1CN2CCCCC2CN1C(=O)c1ccc(O)c(Cl)c1. The maximum atomic E-state index is 12.7. The quantitative estimate of drug-likeness (QED) is 0.867. The largest absolute Gasteiger partial charge is 0.506 e. The lowest BCUT2D eigenvalue weighted by Gasteiger charge is -2.47. The van der Waals surface area contributed by atoms with Crippen LogP contribution in [-0.2, 0) is 0 Å². The Hall–Kier alpha value is -1.26. The smallest absolute Gasteiger partial charge is 0.254 e. The lowest BCUT2D eigenvalue weighted by atomic mass is 9.96. The van der Waals surface area contributed by atoms with Crippen molar-refractivity contribution >= 4 is 17.5 Å². The van der Waals surface area contributed by atoms with Gasteiger partial charge in [-0.2, -0.15) is 0 Å². The fourth-order valence-corrected chi connectivity index (χ4v) is 3.62. The van der Waals surface area contributed by atoms with E-state index in [9.17, 15) is 9.90 Å². The Morgan fingerprint density at radius 3 is 2.90 bits per heavy atom. The molecule has 4 nitrogen and oxygen atoms in total. The van der Waals surface area contributed by atoms with Crippen molar-refractivity contribution in [3.63, 3.8) is 0 Å². The van der Waals surface area contributed by atoms with Gasteiger partial charge in [-0.05, 0) is 44.5 Å². The van der Waals surface area contributed by atoms with Crippen LogP contribution in [0.4, 0.5) is 0 Å². The zero-order chi connectivity index (χ0) is 15.0. The maximum Gasteiger partial charge on any atom is 0.254 e. The summed E-state index contributed by atoms with van der Waals surface area (Å²) in [6.07, 6.45) is 3.69. The Kier molecular flexibility index (Phi) is 4.09. The lowest BCUT2D eigenvalue weighted by Crippen LogP contribution is -2.60. The molecule has 0 radical (unpaired) electrons. The number of piperidine rings is 1. The predicted octanol–water partition coefficient (Wildman–Crippen LogP) is 2.74. The van der Waals surface area contributed by atoms with Gasteiger partial charge in [0.25, 0.3) is 5.91 Å². The number of fused-ring (bicyclic) bond motifs is 1. The zero-order valence-corrected chi connectivity index (χ0v) is 13.0. The number of amides is 1. The Morgan fingerprint density at radius 2 is 2.14 bits per heavy atom. The van der Waals surface area contributed by atoms with Crippen molar-refractivity contribution in [3.8, 4) is 5.75 Å². The molecule has 2 aliphatic rings. The van der Waals surface area contributed by atoms with E-state index in [4.69, 9.17) is 11.6 Å². The first-order valence-electron chi connectivity index (χ1n) is 7.60.